The van der Waals surface area contributed by atoms with Crippen LogP contribution in [0.25, 0.3) is 6.08 Å². The van der Waals surface area contributed by atoms with Crippen LogP contribution in [0.3, 0.4) is 0 Å². The van der Waals surface area contributed by atoms with Gasteiger partial charge in [0, 0.05) is 10.6 Å². The lowest BCUT2D eigenvalue weighted by atomic mass is 10.1. The number of para-hydroxylation sites is 1. The molecule has 0 aliphatic carbocycles. The lowest BCUT2D eigenvalue weighted by molar-refractivity contribution is -0.135. The van der Waals surface area contributed by atoms with Gasteiger partial charge in [0.25, 0.3) is 0 Å². The van der Waals surface area contributed by atoms with Gasteiger partial charge in [-0.3, -0.25) is 0 Å². The summed E-state index contributed by atoms with van der Waals surface area (Å²) in [7, 11) is 1.23. The number of phenolic OH excluding ortho intramolecular Hbond substituents is 1. The predicted molar refractivity (Wildman–Crippen MR) is 104 cm³/mol. The monoisotopic (exact) mass is 387 g/mol. The van der Waals surface area contributed by atoms with Crippen molar-refractivity contribution in [2.75, 3.05) is 7.11 Å². The highest BCUT2D eigenvalue weighted by molar-refractivity contribution is 8.18. The molecule has 2 aromatic rings. The Morgan fingerprint density at radius 1 is 1.19 bits per heavy atom. The second-order valence-electron chi connectivity index (χ2n) is 5.28. The van der Waals surface area contributed by atoms with Gasteiger partial charge in [-0.05, 0) is 30.3 Å². The maximum Gasteiger partial charge on any atom is 0.344 e. The first-order valence-electron chi connectivity index (χ1n) is 7.53. The van der Waals surface area contributed by atoms with Crippen LogP contribution in [-0.4, -0.2) is 28.3 Å². The van der Waals surface area contributed by atoms with E-state index in [0.29, 0.717) is 26.2 Å². The third-order valence-corrected chi connectivity index (χ3v) is 4.80. The number of halogens is 1. The number of hydrogen-bond donors (Lipinski definition) is 2. The molecule has 0 unspecified atom stereocenters. The van der Waals surface area contributed by atoms with Gasteiger partial charge in [0.15, 0.2) is 0 Å². The molecule has 0 aromatic heterocycles. The molecule has 0 saturated carbocycles. The van der Waals surface area contributed by atoms with Crippen molar-refractivity contribution in [3.05, 3.63) is 75.4 Å². The molecule has 0 fully saturated rings. The largest absolute Gasteiger partial charge is 0.507 e. The third kappa shape index (κ3) is 3.76. The first kappa shape index (κ1) is 18.1. The first-order chi connectivity index (χ1) is 12.5. The number of carbonyl (C=O) groups is 1. The molecule has 1 heterocycles. The van der Waals surface area contributed by atoms with Crippen LogP contribution in [0, 0.1) is 0 Å². The quantitative estimate of drug-likeness (QED) is 0.736. The molecule has 3 rings (SSSR count). The fourth-order valence-corrected chi connectivity index (χ4v) is 3.51. The summed E-state index contributed by atoms with van der Waals surface area (Å²) in [6, 6.07) is 13.5. The smallest absolute Gasteiger partial charge is 0.344 e. The van der Waals surface area contributed by atoms with E-state index < -0.39 is 5.97 Å². The molecule has 2 aromatic carbocycles. The zero-order valence-corrected chi connectivity index (χ0v) is 15.2. The molecule has 0 saturated heterocycles. The summed E-state index contributed by atoms with van der Waals surface area (Å²) in [5, 5.41) is 21.2. The first-order valence-corrected chi connectivity index (χ1v) is 8.73. The molecule has 26 heavy (non-hydrogen) atoms. The van der Waals surface area contributed by atoms with Crippen molar-refractivity contribution >= 4 is 46.1 Å². The van der Waals surface area contributed by atoms with E-state index in [2.05, 4.69) is 4.99 Å². The van der Waals surface area contributed by atoms with Gasteiger partial charge in [-0.1, -0.05) is 47.6 Å². The molecule has 2 N–H and O–H groups in total. The fourth-order valence-electron chi connectivity index (χ4n) is 2.30. The molecule has 7 heteroatoms. The Labute approximate surface area is 159 Å². The molecule has 132 valence electrons. The summed E-state index contributed by atoms with van der Waals surface area (Å²) >= 11 is 7.08. The van der Waals surface area contributed by atoms with Crippen molar-refractivity contribution in [1.29, 1.82) is 0 Å². The minimum atomic E-state index is -0.698. The van der Waals surface area contributed by atoms with Crippen molar-refractivity contribution in [2.45, 2.75) is 0 Å². The van der Waals surface area contributed by atoms with E-state index in [1.165, 1.54) is 13.2 Å². The minimum Gasteiger partial charge on any atom is -0.507 e. The second kappa shape index (κ2) is 7.68. The standard InChI is InChI=1S/C19H14ClNO4S/c1-25-19(24)16-17(23)15(9-11-5-2-3-8-14(11)22)26-18(16)21-13-7-4-6-12(20)10-13/h2-10,22-23H,1H3. The normalized spacial score (nSPS) is 17.2. The Morgan fingerprint density at radius 2 is 1.96 bits per heavy atom. The fraction of sp³-hybridized carbons (Fsp3) is 0.0526. The number of ether oxygens (including phenoxy) is 1. The number of aliphatic hydroxyl groups excluding tert-OH is 1. The molecule has 0 bridgehead atoms. The number of hydrogen-bond acceptors (Lipinski definition) is 6. The number of aliphatic hydroxyl groups is 1. The lowest BCUT2D eigenvalue weighted by Crippen LogP contribution is -2.10. The van der Waals surface area contributed by atoms with Crippen molar-refractivity contribution < 1.29 is 19.7 Å². The molecule has 0 amide bonds. The van der Waals surface area contributed by atoms with E-state index in [9.17, 15) is 15.0 Å². The average Bonchev–Trinajstić information content (AvgIpc) is 2.91. The van der Waals surface area contributed by atoms with Crippen LogP contribution >= 0.6 is 23.4 Å². The number of rotatable bonds is 3. The van der Waals surface area contributed by atoms with Crippen LogP contribution in [0.1, 0.15) is 5.56 Å². The van der Waals surface area contributed by atoms with Gasteiger partial charge >= 0.3 is 5.97 Å². The minimum absolute atomic E-state index is 0.0286. The zero-order valence-electron chi connectivity index (χ0n) is 13.6. The number of esters is 1. The molecule has 1 aliphatic heterocycles. The Morgan fingerprint density at radius 3 is 2.65 bits per heavy atom. The predicted octanol–water partition coefficient (Wildman–Crippen LogP) is 4.85. The number of aromatic hydroxyl groups is 1. The van der Waals surface area contributed by atoms with Crippen LogP contribution in [0.5, 0.6) is 5.75 Å². The summed E-state index contributed by atoms with van der Waals surface area (Å²) in [5.74, 6) is -0.879. The maximum atomic E-state index is 12.1. The SMILES string of the molecule is COC(=O)C1=C(O)C(=Cc2ccccc2O)SC1=Nc1cccc(Cl)c1. The summed E-state index contributed by atoms with van der Waals surface area (Å²) < 4.78 is 4.76. The van der Waals surface area contributed by atoms with Gasteiger partial charge in [0.05, 0.1) is 17.7 Å². The van der Waals surface area contributed by atoms with E-state index in [1.54, 1.807) is 48.5 Å². The van der Waals surface area contributed by atoms with Gasteiger partial charge in [0.2, 0.25) is 0 Å². The Balaban J connectivity index is 2.07. The van der Waals surface area contributed by atoms with E-state index in [0.717, 1.165) is 11.8 Å². The molecule has 1 aliphatic rings. The van der Waals surface area contributed by atoms with Gasteiger partial charge in [-0.2, -0.15) is 0 Å². The Bertz CT molecular complexity index is 966. The number of aliphatic imine (C=N–C) groups is 1. The molecule has 0 radical (unpaired) electrons. The van der Waals surface area contributed by atoms with Crippen molar-refractivity contribution in [2.24, 2.45) is 4.99 Å². The average molecular weight is 388 g/mol. The number of methoxy groups -OCH3 is 1. The van der Waals surface area contributed by atoms with Crippen molar-refractivity contribution in [3.8, 4) is 5.75 Å². The van der Waals surface area contributed by atoms with E-state index in [4.69, 9.17) is 16.3 Å². The van der Waals surface area contributed by atoms with E-state index in [-0.39, 0.29) is 17.1 Å². The Hall–Kier alpha value is -2.70. The number of nitrogens with zero attached hydrogens (tertiary/aromatic N) is 1. The number of carbonyl (C=O) groups excluding carboxylic acids is 1. The van der Waals surface area contributed by atoms with E-state index >= 15 is 0 Å². The van der Waals surface area contributed by atoms with Crippen LogP contribution < -0.4 is 0 Å². The summed E-state index contributed by atoms with van der Waals surface area (Å²) in [6.45, 7) is 0. The topological polar surface area (TPSA) is 79.1 Å². The molecule has 5 nitrogen and oxygen atoms in total. The van der Waals surface area contributed by atoms with Crippen molar-refractivity contribution in [1.82, 2.24) is 0 Å². The van der Waals surface area contributed by atoms with Crippen molar-refractivity contribution in [3.63, 3.8) is 0 Å². The summed E-state index contributed by atoms with van der Waals surface area (Å²) in [5.41, 5.74) is 1.02. The van der Waals surface area contributed by atoms with Gasteiger partial charge in [-0.15, -0.1) is 0 Å². The number of thioether (sulfide) groups is 1. The van der Waals surface area contributed by atoms with Gasteiger partial charge in [-0.25, -0.2) is 9.79 Å². The zero-order chi connectivity index (χ0) is 18.7. The van der Waals surface area contributed by atoms with Crippen LogP contribution in [-0.2, 0) is 9.53 Å². The lowest BCUT2D eigenvalue weighted by Gasteiger charge is -2.02. The summed E-state index contributed by atoms with van der Waals surface area (Å²) in [6.07, 6.45) is 1.58. The van der Waals surface area contributed by atoms with E-state index in [1.807, 2.05) is 0 Å². The highest BCUT2D eigenvalue weighted by Crippen LogP contribution is 2.41. The molecular weight excluding hydrogens is 374 g/mol. The highest BCUT2D eigenvalue weighted by Gasteiger charge is 2.33. The number of phenols is 1. The van der Waals surface area contributed by atoms with Crippen LogP contribution in [0.15, 0.2) is 69.8 Å². The number of benzene rings is 2. The van der Waals surface area contributed by atoms with Crippen LogP contribution in [0.4, 0.5) is 5.69 Å². The van der Waals surface area contributed by atoms with Gasteiger partial charge < -0.3 is 14.9 Å². The highest BCUT2D eigenvalue weighted by atomic mass is 35.5. The second-order valence-corrected chi connectivity index (χ2v) is 6.75. The third-order valence-electron chi connectivity index (χ3n) is 3.54. The molecular formula is C19H14ClNO4S. The van der Waals surface area contributed by atoms with Crippen LogP contribution in [0.2, 0.25) is 5.02 Å². The molecule has 0 spiro atoms. The Kier molecular flexibility index (Phi) is 5.35. The maximum absolute atomic E-state index is 12.1. The summed E-state index contributed by atoms with van der Waals surface area (Å²) in [4.78, 5) is 16.9. The molecule has 0 atom stereocenters. The van der Waals surface area contributed by atoms with Gasteiger partial charge in [0.1, 0.15) is 22.1 Å².